The van der Waals surface area contributed by atoms with Crippen LogP contribution < -0.4 is 4.74 Å². The Labute approximate surface area is 142 Å². The molecule has 5 nitrogen and oxygen atoms in total. The summed E-state index contributed by atoms with van der Waals surface area (Å²) in [6.45, 7) is 0.264. The van der Waals surface area contributed by atoms with E-state index in [4.69, 9.17) is 9.68 Å². The molecule has 0 N–H and O–H groups in total. The van der Waals surface area contributed by atoms with Crippen LogP contribution in [0.25, 0.3) is 0 Å². The Morgan fingerprint density at radius 3 is 2.72 bits per heavy atom. The first kappa shape index (κ1) is 18.4. The van der Waals surface area contributed by atoms with Crippen molar-refractivity contribution in [1.29, 1.82) is 5.26 Å². The molecule has 25 heavy (non-hydrogen) atoms. The average molecular weight is 352 g/mol. The Morgan fingerprint density at radius 1 is 1.36 bits per heavy atom. The maximum absolute atomic E-state index is 12.4. The minimum Gasteiger partial charge on any atom is -0.455 e. The lowest BCUT2D eigenvalue weighted by Crippen LogP contribution is -2.29. The molecule has 2 aromatic rings. The normalized spacial score (nSPS) is 12.3. The van der Waals surface area contributed by atoms with Gasteiger partial charge in [0.25, 0.3) is 11.9 Å². The van der Waals surface area contributed by atoms with E-state index in [-0.39, 0.29) is 17.7 Å². The van der Waals surface area contributed by atoms with Gasteiger partial charge in [0.1, 0.15) is 0 Å². The van der Waals surface area contributed by atoms with Crippen molar-refractivity contribution in [3.05, 3.63) is 53.3 Å². The number of hydrogen-bond acceptors (Lipinski definition) is 4. The fraction of sp³-hybridized carbons (Fsp3) is 0.294. The van der Waals surface area contributed by atoms with E-state index < -0.39 is 18.7 Å². The lowest BCUT2D eigenvalue weighted by molar-refractivity contribution is -0.156. The molecule has 1 aromatic carbocycles. The zero-order valence-electron chi connectivity index (χ0n) is 13.5. The van der Waals surface area contributed by atoms with Gasteiger partial charge in [-0.3, -0.25) is 4.79 Å². The molecule has 0 spiro atoms. The van der Waals surface area contributed by atoms with Gasteiger partial charge in [-0.25, -0.2) is 0 Å². The topological polar surface area (TPSA) is 66.5 Å². The van der Waals surface area contributed by atoms with Crippen LogP contribution in [0.1, 0.15) is 34.6 Å². The molecule has 1 unspecified atom stereocenters. The van der Waals surface area contributed by atoms with E-state index in [1.54, 1.807) is 31.2 Å². The van der Waals surface area contributed by atoms with Crippen molar-refractivity contribution in [3.63, 3.8) is 0 Å². The highest BCUT2D eigenvalue weighted by atomic mass is 19.4. The fourth-order valence-corrected chi connectivity index (χ4v) is 2.11. The Morgan fingerprint density at radius 2 is 2.08 bits per heavy atom. The first-order valence-corrected chi connectivity index (χ1v) is 7.28. The number of furan rings is 1. The number of nitriles is 1. The third-order valence-corrected chi connectivity index (χ3v) is 3.57. The number of benzene rings is 1. The van der Waals surface area contributed by atoms with E-state index in [1.165, 1.54) is 18.0 Å². The number of carbonyl (C=O) groups is 1. The molecule has 132 valence electrons. The number of ether oxygens (including phenoxy) is 1. The van der Waals surface area contributed by atoms with Crippen LogP contribution >= 0.6 is 0 Å². The molecule has 0 fully saturated rings. The smallest absolute Gasteiger partial charge is 0.422 e. The molecule has 2 rings (SSSR count). The summed E-state index contributed by atoms with van der Waals surface area (Å²) >= 11 is 0. The van der Waals surface area contributed by atoms with Crippen LogP contribution in [-0.2, 0) is 0 Å². The van der Waals surface area contributed by atoms with Crippen LogP contribution in [-0.4, -0.2) is 30.6 Å². The van der Waals surface area contributed by atoms with E-state index in [0.717, 1.165) is 11.6 Å². The maximum Gasteiger partial charge on any atom is 0.422 e. The highest BCUT2D eigenvalue weighted by Crippen LogP contribution is 2.25. The van der Waals surface area contributed by atoms with Crippen molar-refractivity contribution >= 4 is 5.91 Å². The quantitative estimate of drug-likeness (QED) is 0.818. The second kappa shape index (κ2) is 7.30. The molecule has 0 saturated carbocycles. The molecule has 1 amide bonds. The third kappa shape index (κ3) is 4.76. The number of nitrogens with zero attached hydrogens (tertiary/aromatic N) is 2. The first-order valence-electron chi connectivity index (χ1n) is 7.28. The summed E-state index contributed by atoms with van der Waals surface area (Å²) in [6.07, 6.45) is -4.49. The summed E-state index contributed by atoms with van der Waals surface area (Å²) in [5, 5.41) is 8.94. The van der Waals surface area contributed by atoms with Crippen molar-refractivity contribution in [3.8, 4) is 12.0 Å². The number of hydrogen-bond donors (Lipinski definition) is 0. The van der Waals surface area contributed by atoms with E-state index >= 15 is 0 Å². The van der Waals surface area contributed by atoms with Gasteiger partial charge in [-0.2, -0.15) is 18.4 Å². The molecule has 0 bridgehead atoms. The second-order valence-corrected chi connectivity index (χ2v) is 5.35. The molecular formula is C17H15F3N2O3. The van der Waals surface area contributed by atoms with Gasteiger partial charge in [-0.05, 0) is 30.7 Å². The van der Waals surface area contributed by atoms with Gasteiger partial charge in [-0.15, -0.1) is 0 Å². The zero-order valence-corrected chi connectivity index (χ0v) is 13.5. The van der Waals surface area contributed by atoms with E-state index in [2.05, 4.69) is 4.74 Å². The van der Waals surface area contributed by atoms with Gasteiger partial charge in [0, 0.05) is 13.1 Å². The predicted molar refractivity (Wildman–Crippen MR) is 81.9 cm³/mol. The van der Waals surface area contributed by atoms with Crippen LogP contribution in [0.5, 0.6) is 5.95 Å². The Hall–Kier alpha value is -2.95. The highest BCUT2D eigenvalue weighted by molar-refractivity contribution is 5.91. The zero-order chi connectivity index (χ0) is 18.6. The third-order valence-electron chi connectivity index (χ3n) is 3.57. The molecular weight excluding hydrogens is 337 g/mol. The lowest BCUT2D eigenvalue weighted by Gasteiger charge is -2.24. The molecule has 0 aliphatic rings. The van der Waals surface area contributed by atoms with Gasteiger partial charge in [-0.1, -0.05) is 12.1 Å². The van der Waals surface area contributed by atoms with Gasteiger partial charge in [0.15, 0.2) is 12.4 Å². The molecule has 0 aliphatic carbocycles. The van der Waals surface area contributed by atoms with Crippen LogP contribution in [0, 0.1) is 11.3 Å². The van der Waals surface area contributed by atoms with Gasteiger partial charge >= 0.3 is 6.18 Å². The lowest BCUT2D eigenvalue weighted by atomic mass is 10.0. The predicted octanol–water partition coefficient (Wildman–Crippen LogP) is 3.93. The van der Waals surface area contributed by atoms with Crippen molar-refractivity contribution < 1.29 is 27.1 Å². The van der Waals surface area contributed by atoms with Crippen LogP contribution in [0.2, 0.25) is 0 Å². The van der Waals surface area contributed by atoms with Crippen molar-refractivity contribution in [2.24, 2.45) is 0 Å². The largest absolute Gasteiger partial charge is 0.455 e. The molecule has 0 saturated heterocycles. The van der Waals surface area contributed by atoms with Crippen LogP contribution in [0.4, 0.5) is 13.2 Å². The number of amides is 1. The molecule has 1 heterocycles. The highest BCUT2D eigenvalue weighted by Gasteiger charge is 2.29. The first-order chi connectivity index (χ1) is 11.7. The van der Waals surface area contributed by atoms with Gasteiger partial charge in [0.2, 0.25) is 0 Å². The summed E-state index contributed by atoms with van der Waals surface area (Å²) in [6, 6.07) is 10.9. The number of halogens is 3. The summed E-state index contributed by atoms with van der Waals surface area (Å²) in [4.78, 5) is 13.8. The number of carbonyl (C=O) groups excluding carboxylic acids is 1. The van der Waals surface area contributed by atoms with Crippen molar-refractivity contribution in [2.75, 3.05) is 13.7 Å². The molecule has 0 aliphatic heterocycles. The summed E-state index contributed by atoms with van der Waals surface area (Å²) in [5.74, 6) is -1.03. The summed E-state index contributed by atoms with van der Waals surface area (Å²) in [7, 11) is 1.53. The van der Waals surface area contributed by atoms with Gasteiger partial charge < -0.3 is 14.1 Å². The Balaban J connectivity index is 2.09. The fourth-order valence-electron chi connectivity index (χ4n) is 2.11. The maximum atomic E-state index is 12.4. The molecule has 0 radical (unpaired) electrons. The van der Waals surface area contributed by atoms with Crippen molar-refractivity contribution in [2.45, 2.75) is 19.1 Å². The number of alkyl halides is 3. The summed E-state index contributed by atoms with van der Waals surface area (Å²) in [5.41, 5.74) is 1.21. The SMILES string of the molecule is CC(c1cccc(C#N)c1)N(C)C(=O)c1ccc(OCC(F)(F)F)o1. The van der Waals surface area contributed by atoms with E-state index in [1.807, 2.05) is 6.07 Å². The average Bonchev–Trinajstić information content (AvgIpc) is 3.06. The number of rotatable bonds is 5. The van der Waals surface area contributed by atoms with Crippen molar-refractivity contribution in [1.82, 2.24) is 4.90 Å². The minimum atomic E-state index is -4.49. The monoisotopic (exact) mass is 352 g/mol. The second-order valence-electron chi connectivity index (χ2n) is 5.35. The minimum absolute atomic E-state index is 0.136. The van der Waals surface area contributed by atoms with E-state index in [0.29, 0.717) is 5.56 Å². The van der Waals surface area contributed by atoms with Crippen LogP contribution in [0.15, 0.2) is 40.8 Å². The molecule has 1 aromatic heterocycles. The standard InChI is InChI=1S/C17H15F3N2O3/c1-11(13-5-3-4-12(8-13)9-21)22(2)16(23)14-6-7-15(25-14)24-10-17(18,19)20/h3-8,11H,10H2,1-2H3. The summed E-state index contributed by atoms with van der Waals surface area (Å²) < 4.78 is 45.9. The Kier molecular flexibility index (Phi) is 5.37. The molecule has 8 heteroatoms. The Bertz CT molecular complexity index is 793. The molecule has 1 atom stereocenters. The van der Waals surface area contributed by atoms with Crippen LogP contribution in [0.3, 0.4) is 0 Å². The van der Waals surface area contributed by atoms with E-state index in [9.17, 15) is 18.0 Å². The van der Waals surface area contributed by atoms with Gasteiger partial charge in [0.05, 0.1) is 17.7 Å².